The van der Waals surface area contributed by atoms with Crippen LogP contribution in [0.5, 0.6) is 0 Å². The van der Waals surface area contributed by atoms with Gasteiger partial charge >= 0.3 is 17.9 Å². The van der Waals surface area contributed by atoms with Crippen molar-refractivity contribution in [3.63, 3.8) is 0 Å². The van der Waals surface area contributed by atoms with E-state index >= 15 is 0 Å². The second-order valence-electron chi connectivity index (χ2n) is 6.77. The zero-order chi connectivity index (χ0) is 25.4. The van der Waals surface area contributed by atoms with Gasteiger partial charge in [-0.25, -0.2) is 14.4 Å². The number of aliphatic carboxylic acids is 1. The minimum atomic E-state index is -0.935. The molecule has 1 N–H and O–H groups in total. The lowest BCUT2D eigenvalue weighted by Crippen LogP contribution is -2.03. The summed E-state index contributed by atoms with van der Waals surface area (Å²) >= 11 is 0. The quantitative estimate of drug-likeness (QED) is 0.482. The highest BCUT2D eigenvalue weighted by molar-refractivity contribution is 5.87. The summed E-state index contributed by atoms with van der Waals surface area (Å²) in [5, 5.41) is 7.89. The van der Waals surface area contributed by atoms with E-state index in [1.165, 1.54) is 6.92 Å². The number of carboxylic acid groups (broad SMARTS) is 1. The molecule has 0 unspecified atom stereocenters. The summed E-state index contributed by atoms with van der Waals surface area (Å²) in [6.07, 6.45) is 0. The van der Waals surface area contributed by atoms with Crippen molar-refractivity contribution in [1.82, 2.24) is 9.80 Å². The van der Waals surface area contributed by atoms with Crippen molar-refractivity contribution in [2.24, 2.45) is 0 Å². The first-order chi connectivity index (χ1) is 13.5. The Balaban J connectivity index is -0.0000000644. The average molecular weight is 469 g/mol. The molecule has 0 radical (unpaired) electrons. The molecule has 0 aliphatic rings. The lowest BCUT2D eigenvalue weighted by atomic mass is 10.4. The van der Waals surface area contributed by atoms with E-state index in [1.807, 2.05) is 52.1 Å². The Hall–Kier alpha value is -2.16. The number of hydrogen-bond donors (Lipinski definition) is 1. The Morgan fingerprint density at radius 1 is 0.677 bits per heavy atom. The molecule has 186 valence electrons. The first-order valence-corrected chi connectivity index (χ1v) is 9.23. The van der Waals surface area contributed by atoms with E-state index < -0.39 is 5.97 Å². The van der Waals surface area contributed by atoms with E-state index in [-0.39, 0.29) is 29.9 Å². The largest absolute Gasteiger partial charge is 0.478 e. The molecule has 0 atom stereocenters. The van der Waals surface area contributed by atoms with Crippen LogP contribution in [0.25, 0.3) is 0 Å². The van der Waals surface area contributed by atoms with Crippen molar-refractivity contribution in [2.75, 3.05) is 55.5 Å². The molecule has 0 rings (SSSR count). The lowest BCUT2D eigenvalue weighted by molar-refractivity contribution is -0.139. The molecular formula is C22H45ClN2O6. The van der Waals surface area contributed by atoms with Gasteiger partial charge in [-0.3, -0.25) is 0 Å². The molecule has 0 amide bonds. The second-order valence-corrected chi connectivity index (χ2v) is 6.77. The molecule has 0 heterocycles. The number of carbonyl (C=O) groups is 3. The van der Waals surface area contributed by atoms with Crippen LogP contribution >= 0.6 is 12.4 Å². The average Bonchev–Trinajstić information content (AvgIpc) is 2.55. The molecule has 0 saturated carbocycles. The van der Waals surface area contributed by atoms with Crippen LogP contribution in [0.3, 0.4) is 0 Å². The number of hydrogen-bond acceptors (Lipinski definition) is 7. The van der Waals surface area contributed by atoms with Crippen molar-refractivity contribution in [2.45, 2.75) is 34.6 Å². The summed E-state index contributed by atoms with van der Waals surface area (Å²) in [6, 6.07) is 0. The van der Waals surface area contributed by atoms with Gasteiger partial charge in [0.25, 0.3) is 0 Å². The minimum Gasteiger partial charge on any atom is -0.478 e. The lowest BCUT2D eigenvalue weighted by Gasteiger charge is -1.96. The van der Waals surface area contributed by atoms with E-state index in [9.17, 15) is 14.4 Å². The van der Waals surface area contributed by atoms with Crippen LogP contribution in [0.1, 0.15) is 34.6 Å². The number of carboxylic acids is 1. The highest BCUT2D eigenvalue weighted by atomic mass is 35.5. The van der Waals surface area contributed by atoms with Gasteiger partial charge in [0.15, 0.2) is 0 Å². The van der Waals surface area contributed by atoms with Crippen LogP contribution in [-0.4, -0.2) is 88.3 Å². The van der Waals surface area contributed by atoms with Crippen molar-refractivity contribution in [1.29, 1.82) is 0 Å². The van der Waals surface area contributed by atoms with Crippen LogP contribution in [0.15, 0.2) is 36.5 Å². The number of halogens is 1. The fourth-order valence-electron chi connectivity index (χ4n) is 0.509. The van der Waals surface area contributed by atoms with Crippen LogP contribution in [0.4, 0.5) is 0 Å². The highest BCUT2D eigenvalue weighted by Gasteiger charge is 1.98. The van der Waals surface area contributed by atoms with Gasteiger partial charge in [0.2, 0.25) is 0 Å². The van der Waals surface area contributed by atoms with Gasteiger partial charge in [0.1, 0.15) is 0 Å². The smallest absolute Gasteiger partial charge is 0.333 e. The maximum atomic E-state index is 10.4. The number of rotatable bonds is 5. The molecule has 31 heavy (non-hydrogen) atoms. The van der Waals surface area contributed by atoms with Crippen LogP contribution < -0.4 is 0 Å². The van der Waals surface area contributed by atoms with Gasteiger partial charge in [-0.15, -0.1) is 12.4 Å². The van der Waals surface area contributed by atoms with Crippen molar-refractivity contribution < 1.29 is 29.0 Å². The molecule has 0 bridgehead atoms. The summed E-state index contributed by atoms with van der Waals surface area (Å²) in [5.41, 5.74) is 1.08. The van der Waals surface area contributed by atoms with Crippen molar-refractivity contribution in [3.8, 4) is 0 Å². The van der Waals surface area contributed by atoms with Crippen molar-refractivity contribution in [3.05, 3.63) is 36.5 Å². The number of esters is 2. The van der Waals surface area contributed by atoms with Gasteiger partial charge in [-0.2, -0.15) is 0 Å². The molecule has 0 aromatic heterocycles. The van der Waals surface area contributed by atoms with Gasteiger partial charge in [0.05, 0.1) is 13.2 Å². The van der Waals surface area contributed by atoms with E-state index in [0.717, 1.165) is 0 Å². The Morgan fingerprint density at radius 3 is 0.871 bits per heavy atom. The third-order valence-electron chi connectivity index (χ3n) is 1.61. The Morgan fingerprint density at radius 2 is 0.839 bits per heavy atom. The van der Waals surface area contributed by atoms with Gasteiger partial charge in [-0.05, 0) is 76.9 Å². The maximum absolute atomic E-state index is 10.4. The van der Waals surface area contributed by atoms with E-state index in [1.54, 1.807) is 27.7 Å². The van der Waals surface area contributed by atoms with Gasteiger partial charge in [0, 0.05) is 16.7 Å². The number of carbonyl (C=O) groups excluding carboxylic acids is 2. The van der Waals surface area contributed by atoms with E-state index in [2.05, 4.69) is 29.2 Å². The molecule has 0 aliphatic carbocycles. The third-order valence-corrected chi connectivity index (χ3v) is 1.61. The molecule has 8 nitrogen and oxygen atoms in total. The molecule has 0 spiro atoms. The topological polar surface area (TPSA) is 96.4 Å². The monoisotopic (exact) mass is 468 g/mol. The van der Waals surface area contributed by atoms with Crippen LogP contribution in [-0.2, 0) is 23.9 Å². The van der Waals surface area contributed by atoms with Crippen LogP contribution in [0.2, 0.25) is 0 Å². The van der Waals surface area contributed by atoms with E-state index in [4.69, 9.17) is 5.11 Å². The van der Waals surface area contributed by atoms with E-state index in [0.29, 0.717) is 24.4 Å². The fourth-order valence-corrected chi connectivity index (χ4v) is 0.509. The molecule has 9 heteroatoms. The normalized spacial score (nSPS) is 8.03. The maximum Gasteiger partial charge on any atom is 0.333 e. The Labute approximate surface area is 196 Å². The minimum absolute atomic E-state index is 0. The fraction of sp³-hybridized carbons (Fsp3) is 0.591. The first-order valence-electron chi connectivity index (χ1n) is 9.23. The summed E-state index contributed by atoms with van der Waals surface area (Å²) < 4.78 is 9.13. The van der Waals surface area contributed by atoms with Gasteiger partial charge < -0.3 is 24.4 Å². The molecule has 0 fully saturated rings. The summed E-state index contributed by atoms with van der Waals surface area (Å²) in [6.45, 7) is 19.0. The first kappa shape index (κ1) is 42.8. The molecule has 0 saturated heterocycles. The predicted molar refractivity (Wildman–Crippen MR) is 132 cm³/mol. The third kappa shape index (κ3) is 74.1. The SMILES string of the molecule is C=C(C)C(=O)O.C=C(C)C(=O)OCC.C=C(C)C(=O)OCC.CN(C)C.CN(C)C.Cl. The van der Waals surface area contributed by atoms with Crippen molar-refractivity contribution >= 4 is 30.3 Å². The molecule has 0 aromatic rings. The molecule has 0 aromatic carbocycles. The summed E-state index contributed by atoms with van der Waals surface area (Å²) in [4.78, 5) is 34.4. The second kappa shape index (κ2) is 30.0. The van der Waals surface area contributed by atoms with Crippen LogP contribution in [0, 0.1) is 0 Å². The number of ether oxygens (including phenoxy) is 2. The zero-order valence-corrected chi connectivity index (χ0v) is 22.1. The molecule has 0 aliphatic heterocycles. The van der Waals surface area contributed by atoms with Gasteiger partial charge in [-0.1, -0.05) is 19.7 Å². The summed E-state index contributed by atoms with van der Waals surface area (Å²) in [5.74, 6) is -1.56. The Bertz CT molecular complexity index is 467. The Kier molecular flexibility index (Phi) is 41.5. The molecular weight excluding hydrogens is 424 g/mol. The predicted octanol–water partition coefficient (Wildman–Crippen LogP) is 3.68. The zero-order valence-electron chi connectivity index (χ0n) is 21.3. The summed E-state index contributed by atoms with van der Waals surface area (Å²) in [7, 11) is 12.0. The standard InChI is InChI=1S/2C6H10O2.C4H6O2.2C3H9N.ClH/c2*1-4-8-6(7)5(2)3;1-3(2)4(5)6;2*1-4(2)3;/h2*2,4H2,1,3H3;1H2,2H3,(H,5,6);2*1-3H3;1H. The highest BCUT2D eigenvalue weighted by Crippen LogP contribution is 1.90. The number of nitrogens with zero attached hydrogens (tertiary/aromatic N) is 2.